The fraction of sp³-hybridized carbons (Fsp3) is 0.250. The summed E-state index contributed by atoms with van der Waals surface area (Å²) in [5.74, 6) is 0.128. The number of halogens is 1. The topological polar surface area (TPSA) is 29.1 Å². The molecule has 23 heavy (non-hydrogen) atoms. The molecule has 1 N–H and O–H groups in total. The molecule has 0 amide bonds. The number of carbonyl (C=O) groups is 1. The van der Waals surface area contributed by atoms with Gasteiger partial charge in [0.15, 0.2) is 5.78 Å². The third kappa shape index (κ3) is 2.97. The summed E-state index contributed by atoms with van der Waals surface area (Å²) in [5.41, 5.74) is 2.06. The fourth-order valence-corrected chi connectivity index (χ4v) is 3.67. The molecule has 0 spiro atoms. The van der Waals surface area contributed by atoms with Gasteiger partial charge in [-0.05, 0) is 55.2 Å². The molecule has 0 heterocycles. The molecule has 1 aliphatic carbocycles. The molecule has 0 aliphatic heterocycles. The molecule has 0 aromatic heterocycles. The summed E-state index contributed by atoms with van der Waals surface area (Å²) >= 11 is 6.39. The molecule has 118 valence electrons. The fourth-order valence-electron chi connectivity index (χ4n) is 3.37. The van der Waals surface area contributed by atoms with Crippen LogP contribution in [0.2, 0.25) is 5.02 Å². The molecule has 2 aromatic carbocycles. The van der Waals surface area contributed by atoms with Gasteiger partial charge in [-0.1, -0.05) is 60.1 Å². The highest BCUT2D eigenvalue weighted by atomic mass is 35.5. The van der Waals surface area contributed by atoms with Crippen LogP contribution in [-0.2, 0) is 10.3 Å². The van der Waals surface area contributed by atoms with Crippen LogP contribution in [0.4, 0.5) is 0 Å². The average molecular weight is 326 g/mol. The average Bonchev–Trinajstić information content (AvgIpc) is 2.59. The summed E-state index contributed by atoms with van der Waals surface area (Å²) in [5, 5.41) is 3.90. The first-order valence-corrected chi connectivity index (χ1v) is 8.29. The lowest BCUT2D eigenvalue weighted by atomic mass is 9.73. The van der Waals surface area contributed by atoms with Gasteiger partial charge in [0, 0.05) is 5.02 Å². The Hall–Kier alpha value is -1.90. The number of nitrogens with one attached hydrogen (secondary N) is 1. The summed E-state index contributed by atoms with van der Waals surface area (Å²) in [6.07, 6.45) is 4.53. The molecule has 0 bridgehead atoms. The van der Waals surface area contributed by atoms with Gasteiger partial charge in [-0.3, -0.25) is 4.79 Å². The number of carbonyl (C=O) groups excluding carboxylic acids is 1. The standard InChI is InChI=1S/C20H20ClNO/c1-22-20(17-11-5-6-12-18(17)21)13-7-10-16(19(20)23)14-15-8-3-2-4-9-15/h2-6,8-9,11-12,14,22H,7,10,13H2,1H3/t20-/m0/s1. The van der Waals surface area contributed by atoms with E-state index in [0.29, 0.717) is 5.02 Å². The maximum atomic E-state index is 13.2. The van der Waals surface area contributed by atoms with E-state index in [9.17, 15) is 4.79 Å². The van der Waals surface area contributed by atoms with Crippen molar-refractivity contribution in [3.63, 3.8) is 0 Å². The van der Waals surface area contributed by atoms with E-state index in [-0.39, 0.29) is 5.78 Å². The number of Topliss-reactive ketones (excluding diaryl/α,β-unsaturated/α-hetero) is 1. The Bertz CT molecular complexity index is 738. The first-order valence-electron chi connectivity index (χ1n) is 7.92. The van der Waals surface area contributed by atoms with E-state index in [4.69, 9.17) is 11.6 Å². The van der Waals surface area contributed by atoms with Crippen LogP contribution in [0.25, 0.3) is 6.08 Å². The zero-order valence-corrected chi connectivity index (χ0v) is 13.9. The summed E-state index contributed by atoms with van der Waals surface area (Å²) < 4.78 is 0. The largest absolute Gasteiger partial charge is 0.304 e. The van der Waals surface area contributed by atoms with Gasteiger partial charge in [0.1, 0.15) is 5.54 Å². The molecule has 0 saturated heterocycles. The first-order chi connectivity index (χ1) is 11.2. The summed E-state index contributed by atoms with van der Waals surface area (Å²) in [6.45, 7) is 0. The van der Waals surface area contributed by atoms with E-state index in [1.165, 1.54) is 0 Å². The molecular formula is C20H20ClNO. The van der Waals surface area contributed by atoms with Gasteiger partial charge in [-0.25, -0.2) is 0 Å². The molecule has 2 nitrogen and oxygen atoms in total. The second kappa shape index (κ2) is 6.69. The minimum Gasteiger partial charge on any atom is -0.304 e. The number of rotatable bonds is 3. The third-order valence-electron chi connectivity index (χ3n) is 4.58. The molecule has 1 saturated carbocycles. The minimum atomic E-state index is -0.725. The molecular weight excluding hydrogens is 306 g/mol. The molecule has 3 rings (SSSR count). The number of hydrogen-bond donors (Lipinski definition) is 1. The van der Waals surface area contributed by atoms with Gasteiger partial charge in [0.2, 0.25) is 0 Å². The van der Waals surface area contributed by atoms with Crippen LogP contribution in [0.3, 0.4) is 0 Å². The second-order valence-corrected chi connectivity index (χ2v) is 6.31. The van der Waals surface area contributed by atoms with Gasteiger partial charge < -0.3 is 5.32 Å². The quantitative estimate of drug-likeness (QED) is 0.836. The molecule has 1 fully saturated rings. The Balaban J connectivity index is 2.04. The maximum absolute atomic E-state index is 13.2. The molecule has 0 radical (unpaired) electrons. The van der Waals surface area contributed by atoms with E-state index >= 15 is 0 Å². The van der Waals surface area contributed by atoms with Gasteiger partial charge in [-0.15, -0.1) is 0 Å². The van der Waals surface area contributed by atoms with Crippen molar-refractivity contribution >= 4 is 23.5 Å². The van der Waals surface area contributed by atoms with E-state index in [1.807, 2.05) is 67.7 Å². The zero-order valence-electron chi connectivity index (χ0n) is 13.2. The van der Waals surface area contributed by atoms with E-state index in [2.05, 4.69) is 5.32 Å². The predicted octanol–water partition coefficient (Wildman–Crippen LogP) is 4.59. The number of hydrogen-bond acceptors (Lipinski definition) is 2. The lowest BCUT2D eigenvalue weighted by Crippen LogP contribution is -2.50. The van der Waals surface area contributed by atoms with Gasteiger partial charge >= 0.3 is 0 Å². The molecule has 3 heteroatoms. The Morgan fingerprint density at radius 2 is 1.78 bits per heavy atom. The van der Waals surface area contributed by atoms with Crippen molar-refractivity contribution in [2.45, 2.75) is 24.8 Å². The Morgan fingerprint density at radius 1 is 1.09 bits per heavy atom. The van der Waals surface area contributed by atoms with E-state index < -0.39 is 5.54 Å². The number of likely N-dealkylation sites (N-methyl/N-ethyl adjacent to an activating group) is 1. The predicted molar refractivity (Wildman–Crippen MR) is 95.5 cm³/mol. The van der Waals surface area contributed by atoms with Crippen molar-refractivity contribution in [1.29, 1.82) is 0 Å². The second-order valence-electron chi connectivity index (χ2n) is 5.90. The van der Waals surface area contributed by atoms with Crippen LogP contribution in [0.1, 0.15) is 30.4 Å². The number of ketones is 1. The monoisotopic (exact) mass is 325 g/mol. The van der Waals surface area contributed by atoms with Crippen molar-refractivity contribution in [2.75, 3.05) is 7.05 Å². The molecule has 1 atom stereocenters. The normalized spacial score (nSPS) is 23.2. The summed E-state index contributed by atoms with van der Waals surface area (Å²) in [6, 6.07) is 17.6. The number of benzene rings is 2. The third-order valence-corrected chi connectivity index (χ3v) is 4.91. The van der Waals surface area contributed by atoms with Crippen LogP contribution in [0, 0.1) is 0 Å². The van der Waals surface area contributed by atoms with Crippen LogP contribution < -0.4 is 5.32 Å². The van der Waals surface area contributed by atoms with Crippen LogP contribution in [0.15, 0.2) is 60.2 Å². The lowest BCUT2D eigenvalue weighted by molar-refractivity contribution is -0.123. The molecule has 0 unspecified atom stereocenters. The van der Waals surface area contributed by atoms with Crippen molar-refractivity contribution in [3.05, 3.63) is 76.3 Å². The SMILES string of the molecule is CN[C@]1(c2ccccc2Cl)CCCC(=Cc2ccccc2)C1=O. The zero-order chi connectivity index (χ0) is 16.3. The van der Waals surface area contributed by atoms with Crippen molar-refractivity contribution in [3.8, 4) is 0 Å². The minimum absolute atomic E-state index is 0.128. The van der Waals surface area contributed by atoms with E-state index in [0.717, 1.165) is 36.0 Å². The first kappa shape index (κ1) is 16.0. The molecule has 1 aliphatic rings. The molecule has 2 aromatic rings. The van der Waals surface area contributed by atoms with Crippen molar-refractivity contribution in [2.24, 2.45) is 0 Å². The maximum Gasteiger partial charge on any atom is 0.183 e. The smallest absolute Gasteiger partial charge is 0.183 e. The Labute approximate surface area is 142 Å². The summed E-state index contributed by atoms with van der Waals surface area (Å²) in [4.78, 5) is 13.2. The Morgan fingerprint density at radius 3 is 2.48 bits per heavy atom. The van der Waals surface area contributed by atoms with Crippen LogP contribution in [0.5, 0.6) is 0 Å². The highest BCUT2D eigenvalue weighted by molar-refractivity contribution is 6.32. The van der Waals surface area contributed by atoms with Crippen molar-refractivity contribution in [1.82, 2.24) is 5.32 Å². The lowest BCUT2D eigenvalue weighted by Gasteiger charge is -2.37. The van der Waals surface area contributed by atoms with Crippen LogP contribution in [-0.4, -0.2) is 12.8 Å². The summed E-state index contributed by atoms with van der Waals surface area (Å²) in [7, 11) is 1.84. The highest BCUT2D eigenvalue weighted by Gasteiger charge is 2.43. The highest BCUT2D eigenvalue weighted by Crippen LogP contribution is 2.40. The van der Waals surface area contributed by atoms with E-state index in [1.54, 1.807) is 0 Å². The van der Waals surface area contributed by atoms with Crippen molar-refractivity contribution < 1.29 is 4.79 Å². The van der Waals surface area contributed by atoms with Crippen LogP contribution >= 0.6 is 11.6 Å². The van der Waals surface area contributed by atoms with Gasteiger partial charge in [-0.2, -0.15) is 0 Å². The Kier molecular flexibility index (Phi) is 4.65. The van der Waals surface area contributed by atoms with Gasteiger partial charge in [0.25, 0.3) is 0 Å². The van der Waals surface area contributed by atoms with Gasteiger partial charge in [0.05, 0.1) is 0 Å².